The smallest absolute Gasteiger partial charge is 0.337 e. The van der Waals surface area contributed by atoms with Crippen LogP contribution in [0.15, 0.2) is 121 Å². The van der Waals surface area contributed by atoms with Crippen molar-refractivity contribution < 1.29 is 38.4 Å². The van der Waals surface area contributed by atoms with Crippen LogP contribution in [0.1, 0.15) is 88.3 Å². The van der Waals surface area contributed by atoms with E-state index in [1.807, 2.05) is 67.6 Å². The highest BCUT2D eigenvalue weighted by molar-refractivity contribution is 5.90. The van der Waals surface area contributed by atoms with Gasteiger partial charge in [0.15, 0.2) is 0 Å². The van der Waals surface area contributed by atoms with Gasteiger partial charge in [0.2, 0.25) is 0 Å². The molecule has 328 valence electrons. The minimum Gasteiger partial charge on any atom is -0.497 e. The molecule has 0 saturated carbocycles. The minimum atomic E-state index is -0.876. The van der Waals surface area contributed by atoms with Crippen molar-refractivity contribution >= 4 is 29.2 Å². The molecule has 2 aliphatic carbocycles. The summed E-state index contributed by atoms with van der Waals surface area (Å²) >= 11 is 0. The largest absolute Gasteiger partial charge is 0.497 e. The zero-order chi connectivity index (χ0) is 45.2. The lowest BCUT2D eigenvalue weighted by molar-refractivity contribution is 0.0599. The van der Waals surface area contributed by atoms with Gasteiger partial charge in [-0.15, -0.1) is 0 Å². The Balaban J connectivity index is 0.000000191. The number of aryl methyl sites for hydroxylation is 6. The molecule has 6 aromatic rings. The van der Waals surface area contributed by atoms with Crippen LogP contribution >= 0.6 is 0 Å². The SMILES string of the molecule is COC(=O)c1ccc(CCc2cccc3c2C(Cc2cc(OC)cc(OC)c2)=CC3)cc1.COc1cc(/C=C2\CCc3cccc(CCc4ccc(C(=O)O)c(C)c4)c32)cc(OC)c1. The summed E-state index contributed by atoms with van der Waals surface area (Å²) < 4.78 is 26.5. The molecule has 0 spiro atoms. The van der Waals surface area contributed by atoms with Crippen LogP contribution in [0.2, 0.25) is 0 Å². The van der Waals surface area contributed by atoms with E-state index in [4.69, 9.17) is 23.7 Å². The van der Waals surface area contributed by atoms with Gasteiger partial charge < -0.3 is 28.8 Å². The van der Waals surface area contributed by atoms with Gasteiger partial charge in [0.05, 0.1) is 46.7 Å². The van der Waals surface area contributed by atoms with E-state index in [0.29, 0.717) is 11.1 Å². The van der Waals surface area contributed by atoms with Gasteiger partial charge >= 0.3 is 11.9 Å². The first-order valence-electron chi connectivity index (χ1n) is 21.7. The van der Waals surface area contributed by atoms with Crippen molar-refractivity contribution in [3.8, 4) is 23.0 Å². The van der Waals surface area contributed by atoms with Crippen molar-refractivity contribution in [2.75, 3.05) is 35.5 Å². The van der Waals surface area contributed by atoms with Crippen LogP contribution in [0.25, 0.3) is 17.2 Å². The first-order chi connectivity index (χ1) is 31.1. The standard InChI is InChI=1S/2C28H28O4/c1-30-25-16-20(17-26(18-25)31-2)15-24-14-13-22-6-4-5-21(27(22)24)10-7-19-8-11-23(12-9-19)28(29)32-3;1-18-13-19(8-12-26(18)28(29)30)7-9-21-5-4-6-22-10-11-23(27(21)22)14-20-15-24(31-2)17-25(16-20)32-3/h4-6,8-9,11-12,14,16-18H,7,10,13,15H2,1-3H3;4-6,8,12-17H,7,9-11H2,1-3H3,(H,29,30)/b;23-14+. The number of carboxylic acid groups (broad SMARTS) is 1. The molecule has 64 heavy (non-hydrogen) atoms. The molecule has 0 fully saturated rings. The molecule has 0 atom stereocenters. The van der Waals surface area contributed by atoms with Crippen molar-refractivity contribution in [2.24, 2.45) is 0 Å². The Morgan fingerprint density at radius 2 is 1.17 bits per heavy atom. The van der Waals surface area contributed by atoms with Gasteiger partial charge in [-0.1, -0.05) is 72.8 Å². The molecule has 0 radical (unpaired) electrons. The monoisotopic (exact) mass is 856 g/mol. The second-order valence-corrected chi connectivity index (χ2v) is 16.2. The molecular formula is C56H56O8. The van der Waals surface area contributed by atoms with E-state index in [0.717, 1.165) is 91.1 Å². The summed E-state index contributed by atoms with van der Waals surface area (Å²) in [5, 5.41) is 9.26. The third-order valence-corrected chi connectivity index (χ3v) is 12.1. The lowest BCUT2D eigenvalue weighted by Gasteiger charge is -2.14. The Labute approximate surface area is 376 Å². The van der Waals surface area contributed by atoms with Gasteiger partial charge in [-0.2, -0.15) is 0 Å². The lowest BCUT2D eigenvalue weighted by Crippen LogP contribution is -2.02. The number of rotatable bonds is 15. The van der Waals surface area contributed by atoms with Crippen LogP contribution < -0.4 is 18.9 Å². The Morgan fingerprint density at radius 3 is 1.77 bits per heavy atom. The molecule has 0 aliphatic heterocycles. The minimum absolute atomic E-state index is 0.304. The maximum absolute atomic E-state index is 11.7. The van der Waals surface area contributed by atoms with E-state index in [9.17, 15) is 14.7 Å². The second-order valence-electron chi connectivity index (χ2n) is 16.2. The number of carboxylic acids is 1. The van der Waals surface area contributed by atoms with E-state index in [1.165, 1.54) is 62.8 Å². The molecule has 0 amide bonds. The fourth-order valence-corrected chi connectivity index (χ4v) is 8.87. The van der Waals surface area contributed by atoms with Crippen LogP contribution in [-0.2, 0) is 49.7 Å². The van der Waals surface area contributed by atoms with Gasteiger partial charge in [0.25, 0.3) is 0 Å². The highest BCUT2D eigenvalue weighted by Crippen LogP contribution is 2.38. The lowest BCUT2D eigenvalue weighted by atomic mass is 9.91. The third kappa shape index (κ3) is 10.8. The molecule has 0 aromatic heterocycles. The number of allylic oxidation sites excluding steroid dienone is 3. The van der Waals surface area contributed by atoms with Crippen molar-refractivity contribution in [1.82, 2.24) is 0 Å². The van der Waals surface area contributed by atoms with Crippen molar-refractivity contribution in [3.05, 3.63) is 194 Å². The van der Waals surface area contributed by atoms with Crippen molar-refractivity contribution in [2.45, 2.75) is 58.3 Å². The number of fused-ring (bicyclic) bond motifs is 2. The Morgan fingerprint density at radius 1 is 0.594 bits per heavy atom. The maximum Gasteiger partial charge on any atom is 0.337 e. The van der Waals surface area contributed by atoms with Gasteiger partial charge in [-0.05, 0) is 173 Å². The fraction of sp³-hybridized carbons (Fsp3) is 0.250. The maximum atomic E-state index is 11.7. The zero-order valence-electron chi connectivity index (χ0n) is 37.6. The van der Waals surface area contributed by atoms with Crippen molar-refractivity contribution in [1.29, 1.82) is 0 Å². The predicted octanol–water partition coefficient (Wildman–Crippen LogP) is 11.4. The first kappa shape index (κ1) is 45.0. The average Bonchev–Trinajstić information content (AvgIpc) is 3.94. The molecule has 6 aromatic carbocycles. The summed E-state index contributed by atoms with van der Waals surface area (Å²) in [7, 11) is 8.09. The summed E-state index contributed by atoms with van der Waals surface area (Å²) in [6.07, 6.45) is 12.1. The predicted molar refractivity (Wildman–Crippen MR) is 254 cm³/mol. The number of carbonyl (C=O) groups is 2. The summed E-state index contributed by atoms with van der Waals surface area (Å²) in [6, 6.07) is 38.5. The molecule has 2 aliphatic rings. The molecular weight excluding hydrogens is 801 g/mol. The molecule has 8 rings (SSSR count). The third-order valence-electron chi connectivity index (χ3n) is 12.1. The Kier molecular flexibility index (Phi) is 14.7. The molecule has 0 heterocycles. The highest BCUT2D eigenvalue weighted by atomic mass is 16.5. The average molecular weight is 857 g/mol. The molecule has 0 unspecified atom stereocenters. The topological polar surface area (TPSA) is 101 Å². The van der Waals surface area contributed by atoms with E-state index < -0.39 is 5.97 Å². The van der Waals surface area contributed by atoms with Crippen LogP contribution in [0.5, 0.6) is 23.0 Å². The fourth-order valence-electron chi connectivity index (χ4n) is 8.87. The molecule has 1 N–H and O–H groups in total. The van der Waals surface area contributed by atoms with E-state index in [-0.39, 0.29) is 5.97 Å². The second kappa shape index (κ2) is 20.9. The molecule has 8 nitrogen and oxygen atoms in total. The van der Waals surface area contributed by atoms with Gasteiger partial charge in [0.1, 0.15) is 23.0 Å². The molecule has 8 heteroatoms. The first-order valence-corrected chi connectivity index (χ1v) is 21.7. The number of benzene rings is 6. The van der Waals surface area contributed by atoms with Gasteiger partial charge in [-0.3, -0.25) is 0 Å². The van der Waals surface area contributed by atoms with Crippen LogP contribution in [0.3, 0.4) is 0 Å². The number of esters is 1. The Bertz CT molecular complexity index is 2660. The van der Waals surface area contributed by atoms with Gasteiger partial charge in [-0.25, -0.2) is 9.59 Å². The summed E-state index contributed by atoms with van der Waals surface area (Å²) in [5.41, 5.74) is 17.2. The van der Waals surface area contributed by atoms with E-state index in [1.54, 1.807) is 34.5 Å². The number of hydrogen-bond donors (Lipinski definition) is 1. The van der Waals surface area contributed by atoms with Gasteiger partial charge in [0, 0.05) is 12.1 Å². The number of carbonyl (C=O) groups excluding carboxylic acids is 1. The van der Waals surface area contributed by atoms with Crippen LogP contribution in [0, 0.1) is 6.92 Å². The summed E-state index contributed by atoms with van der Waals surface area (Å²) in [5.74, 6) is 2.00. The quantitative estimate of drug-likeness (QED) is 0.102. The van der Waals surface area contributed by atoms with Crippen LogP contribution in [0.4, 0.5) is 0 Å². The highest BCUT2D eigenvalue weighted by Gasteiger charge is 2.21. The number of methoxy groups -OCH3 is 5. The number of aromatic carboxylic acids is 1. The van der Waals surface area contributed by atoms with E-state index >= 15 is 0 Å². The number of hydrogen-bond acceptors (Lipinski definition) is 7. The molecule has 0 saturated heterocycles. The van der Waals surface area contributed by atoms with E-state index in [2.05, 4.69) is 60.7 Å². The summed E-state index contributed by atoms with van der Waals surface area (Å²) in [6.45, 7) is 1.86. The number of ether oxygens (including phenoxy) is 5. The summed E-state index contributed by atoms with van der Waals surface area (Å²) in [4.78, 5) is 22.9. The zero-order valence-corrected chi connectivity index (χ0v) is 37.6. The van der Waals surface area contributed by atoms with Crippen LogP contribution in [-0.4, -0.2) is 52.6 Å². The Hall–Kier alpha value is -7.06. The molecule has 0 bridgehead atoms. The normalized spacial score (nSPS) is 13.0. The van der Waals surface area contributed by atoms with Crippen molar-refractivity contribution in [3.63, 3.8) is 0 Å².